The molecule has 1 atom stereocenters. The lowest BCUT2D eigenvalue weighted by Crippen LogP contribution is -2.35. The highest BCUT2D eigenvalue weighted by atomic mass is 79.9. The van der Waals surface area contributed by atoms with Crippen LogP contribution in [0.1, 0.15) is 24.9 Å². The molecule has 0 saturated carbocycles. The molecule has 0 saturated heterocycles. The van der Waals surface area contributed by atoms with E-state index in [9.17, 15) is 4.79 Å². The molecular weight excluding hydrogens is 308 g/mol. The molecular formula is C14H21BrN2O2. The van der Waals surface area contributed by atoms with Crippen LogP contribution in [0.5, 0.6) is 0 Å². The third-order valence-electron chi connectivity index (χ3n) is 2.79. The zero-order valence-electron chi connectivity index (χ0n) is 11.4. The molecule has 0 bridgehead atoms. The van der Waals surface area contributed by atoms with E-state index >= 15 is 0 Å². The summed E-state index contributed by atoms with van der Waals surface area (Å²) in [7, 11) is 1.66. The minimum absolute atomic E-state index is 0.0139. The lowest BCUT2D eigenvalue weighted by atomic mass is 10.1. The number of nitrogens with one attached hydrogen (secondary N) is 2. The summed E-state index contributed by atoms with van der Waals surface area (Å²) in [5, 5.41) is 6.04. The fourth-order valence-electron chi connectivity index (χ4n) is 1.62. The van der Waals surface area contributed by atoms with Crippen molar-refractivity contribution in [2.24, 2.45) is 0 Å². The van der Waals surface area contributed by atoms with Gasteiger partial charge in [0.1, 0.15) is 0 Å². The first-order valence-corrected chi connectivity index (χ1v) is 7.17. The van der Waals surface area contributed by atoms with Crippen LogP contribution < -0.4 is 10.6 Å². The van der Waals surface area contributed by atoms with Crippen molar-refractivity contribution in [3.63, 3.8) is 0 Å². The van der Waals surface area contributed by atoms with Crippen LogP contribution in [0, 0.1) is 0 Å². The van der Waals surface area contributed by atoms with Crippen LogP contribution in [0.2, 0.25) is 0 Å². The van der Waals surface area contributed by atoms with Crippen LogP contribution in [0.25, 0.3) is 0 Å². The second kappa shape index (κ2) is 9.07. The molecule has 0 aliphatic rings. The molecule has 5 heteroatoms. The molecule has 4 nitrogen and oxygen atoms in total. The Balaban J connectivity index is 2.24. The normalized spacial score (nSPS) is 12.2. The number of rotatable bonds is 8. The minimum atomic E-state index is 0.0139. The number of benzene rings is 1. The van der Waals surface area contributed by atoms with Crippen molar-refractivity contribution in [3.05, 3.63) is 34.3 Å². The van der Waals surface area contributed by atoms with Gasteiger partial charge in [0.2, 0.25) is 5.91 Å². The summed E-state index contributed by atoms with van der Waals surface area (Å²) in [6.45, 7) is 3.69. The molecule has 19 heavy (non-hydrogen) atoms. The zero-order valence-corrected chi connectivity index (χ0v) is 13.0. The lowest BCUT2D eigenvalue weighted by molar-refractivity contribution is -0.120. The average Bonchev–Trinajstić information content (AvgIpc) is 2.42. The summed E-state index contributed by atoms with van der Waals surface area (Å²) in [5.74, 6) is 0.0139. The van der Waals surface area contributed by atoms with Gasteiger partial charge in [-0.1, -0.05) is 28.1 Å². The van der Waals surface area contributed by atoms with Crippen molar-refractivity contribution in [3.8, 4) is 0 Å². The van der Waals surface area contributed by atoms with Crippen molar-refractivity contribution in [1.82, 2.24) is 10.6 Å². The predicted octanol–water partition coefficient (Wildman–Crippen LogP) is 2.25. The van der Waals surface area contributed by atoms with E-state index in [1.54, 1.807) is 7.11 Å². The molecule has 0 fully saturated rings. The monoisotopic (exact) mass is 328 g/mol. The van der Waals surface area contributed by atoms with Gasteiger partial charge in [0, 0.05) is 30.8 Å². The first-order chi connectivity index (χ1) is 9.13. The maximum absolute atomic E-state index is 11.6. The number of amides is 1. The van der Waals surface area contributed by atoms with Crippen LogP contribution in [0.15, 0.2) is 28.7 Å². The maximum atomic E-state index is 11.6. The van der Waals surface area contributed by atoms with Crippen molar-refractivity contribution in [1.29, 1.82) is 0 Å². The van der Waals surface area contributed by atoms with Gasteiger partial charge in [0.15, 0.2) is 0 Å². The summed E-state index contributed by atoms with van der Waals surface area (Å²) in [5.41, 5.74) is 1.16. The van der Waals surface area contributed by atoms with Gasteiger partial charge in [-0.2, -0.15) is 0 Å². The van der Waals surface area contributed by atoms with Crippen LogP contribution in [-0.4, -0.2) is 32.7 Å². The van der Waals surface area contributed by atoms with E-state index in [-0.39, 0.29) is 11.9 Å². The maximum Gasteiger partial charge on any atom is 0.233 e. The first kappa shape index (κ1) is 16.1. The van der Waals surface area contributed by atoms with E-state index < -0.39 is 0 Å². The highest BCUT2D eigenvalue weighted by Gasteiger charge is 2.07. The Kier molecular flexibility index (Phi) is 7.70. The molecule has 0 radical (unpaired) electrons. The summed E-state index contributed by atoms with van der Waals surface area (Å²) >= 11 is 3.40. The van der Waals surface area contributed by atoms with E-state index in [1.807, 2.05) is 31.2 Å². The van der Waals surface area contributed by atoms with Gasteiger partial charge < -0.3 is 15.4 Å². The number of methoxy groups -OCH3 is 1. The predicted molar refractivity (Wildman–Crippen MR) is 80.1 cm³/mol. The number of carbonyl (C=O) groups is 1. The van der Waals surface area contributed by atoms with E-state index in [0.29, 0.717) is 19.7 Å². The van der Waals surface area contributed by atoms with Crippen molar-refractivity contribution < 1.29 is 9.53 Å². The highest BCUT2D eigenvalue weighted by Crippen LogP contribution is 2.16. The quantitative estimate of drug-likeness (QED) is 0.719. The smallest absolute Gasteiger partial charge is 0.233 e. The van der Waals surface area contributed by atoms with Crippen LogP contribution in [0.3, 0.4) is 0 Å². The number of carbonyl (C=O) groups excluding carboxylic acids is 1. The summed E-state index contributed by atoms with van der Waals surface area (Å²) in [6.07, 6.45) is 0.838. The summed E-state index contributed by atoms with van der Waals surface area (Å²) in [6, 6.07) is 8.23. The second-order valence-electron chi connectivity index (χ2n) is 4.35. The van der Waals surface area contributed by atoms with E-state index in [4.69, 9.17) is 4.74 Å². The van der Waals surface area contributed by atoms with Gasteiger partial charge in [-0.05, 0) is 31.0 Å². The Labute approximate surface area is 123 Å². The van der Waals surface area contributed by atoms with Gasteiger partial charge >= 0.3 is 0 Å². The third kappa shape index (κ3) is 6.71. The van der Waals surface area contributed by atoms with Crippen molar-refractivity contribution in [2.45, 2.75) is 19.4 Å². The second-order valence-corrected chi connectivity index (χ2v) is 5.27. The molecule has 0 aromatic heterocycles. The topological polar surface area (TPSA) is 50.4 Å². The van der Waals surface area contributed by atoms with E-state index in [1.165, 1.54) is 0 Å². The molecule has 0 unspecified atom stereocenters. The number of hydrogen-bond acceptors (Lipinski definition) is 3. The fourth-order valence-corrected chi connectivity index (χ4v) is 1.89. The summed E-state index contributed by atoms with van der Waals surface area (Å²) < 4.78 is 5.97. The molecule has 1 rings (SSSR count). The molecule has 0 aliphatic heterocycles. The largest absolute Gasteiger partial charge is 0.385 e. The van der Waals surface area contributed by atoms with Gasteiger partial charge in [-0.25, -0.2) is 0 Å². The Morgan fingerprint density at radius 2 is 2.05 bits per heavy atom. The SMILES string of the molecule is COCCCNC(=O)CN[C@H](C)c1ccc(Br)cc1. The molecule has 0 heterocycles. The molecule has 1 amide bonds. The Morgan fingerprint density at radius 3 is 2.68 bits per heavy atom. The van der Waals surface area contributed by atoms with E-state index in [0.717, 1.165) is 16.5 Å². The third-order valence-corrected chi connectivity index (χ3v) is 3.31. The van der Waals surface area contributed by atoms with Crippen LogP contribution in [-0.2, 0) is 9.53 Å². The van der Waals surface area contributed by atoms with Gasteiger partial charge in [0.05, 0.1) is 6.54 Å². The van der Waals surface area contributed by atoms with Gasteiger partial charge in [-0.15, -0.1) is 0 Å². The molecule has 1 aromatic rings. The Bertz CT molecular complexity index is 382. The lowest BCUT2D eigenvalue weighted by Gasteiger charge is -2.14. The van der Waals surface area contributed by atoms with E-state index in [2.05, 4.69) is 26.6 Å². The molecule has 1 aromatic carbocycles. The number of halogens is 1. The Hall–Kier alpha value is -0.910. The first-order valence-electron chi connectivity index (χ1n) is 6.38. The number of ether oxygens (including phenoxy) is 1. The van der Waals surface area contributed by atoms with Crippen molar-refractivity contribution in [2.75, 3.05) is 26.8 Å². The Morgan fingerprint density at radius 1 is 1.37 bits per heavy atom. The molecule has 2 N–H and O–H groups in total. The van der Waals surface area contributed by atoms with Crippen LogP contribution >= 0.6 is 15.9 Å². The summed E-state index contributed by atoms with van der Waals surface area (Å²) in [4.78, 5) is 11.6. The molecule has 106 valence electrons. The fraction of sp³-hybridized carbons (Fsp3) is 0.500. The highest BCUT2D eigenvalue weighted by molar-refractivity contribution is 9.10. The minimum Gasteiger partial charge on any atom is -0.385 e. The van der Waals surface area contributed by atoms with Crippen LogP contribution in [0.4, 0.5) is 0 Å². The molecule has 0 spiro atoms. The van der Waals surface area contributed by atoms with Crippen molar-refractivity contribution >= 4 is 21.8 Å². The standard InChI is InChI=1S/C14H21BrN2O2/c1-11(12-4-6-13(15)7-5-12)17-10-14(18)16-8-3-9-19-2/h4-7,11,17H,3,8-10H2,1-2H3,(H,16,18)/t11-/m1/s1. The zero-order chi connectivity index (χ0) is 14.1. The van der Waals surface area contributed by atoms with Gasteiger partial charge in [-0.3, -0.25) is 4.79 Å². The van der Waals surface area contributed by atoms with Gasteiger partial charge in [0.25, 0.3) is 0 Å². The molecule has 0 aliphatic carbocycles. The number of hydrogen-bond donors (Lipinski definition) is 2. The average molecular weight is 329 g/mol.